The first kappa shape index (κ1) is 27.0. The second kappa shape index (κ2) is 10.6. The van der Waals surface area contributed by atoms with E-state index < -0.39 is 5.60 Å². The fourth-order valence-electron chi connectivity index (χ4n) is 5.03. The highest BCUT2D eigenvalue weighted by Crippen LogP contribution is 2.36. The molecule has 0 spiro atoms. The van der Waals surface area contributed by atoms with Crippen LogP contribution in [-0.4, -0.2) is 59.8 Å². The van der Waals surface area contributed by atoms with Crippen LogP contribution in [0.4, 0.5) is 16.4 Å². The van der Waals surface area contributed by atoms with Gasteiger partial charge in [-0.25, -0.2) is 24.4 Å². The van der Waals surface area contributed by atoms with E-state index in [0.29, 0.717) is 40.5 Å². The number of pyridine rings is 1. The number of fused-ring (bicyclic) bond motifs is 1. The number of likely N-dealkylation sites (tertiary alicyclic amines) is 1. The van der Waals surface area contributed by atoms with Crippen molar-refractivity contribution in [3.05, 3.63) is 60.0 Å². The summed E-state index contributed by atoms with van der Waals surface area (Å²) in [6.07, 6.45) is 4.33. The minimum Gasteiger partial charge on any atom is -0.444 e. The summed E-state index contributed by atoms with van der Waals surface area (Å²) in [6, 6.07) is 10.5. The molecule has 0 radical (unpaired) electrons. The van der Waals surface area contributed by atoms with Crippen molar-refractivity contribution >= 4 is 34.7 Å². The first-order valence-corrected chi connectivity index (χ1v) is 13.3. The largest absolute Gasteiger partial charge is 0.444 e. The van der Waals surface area contributed by atoms with Gasteiger partial charge in [0.15, 0.2) is 5.65 Å². The molecule has 2 atom stereocenters. The molecule has 4 heterocycles. The van der Waals surface area contributed by atoms with Crippen LogP contribution in [0.2, 0.25) is 0 Å². The van der Waals surface area contributed by atoms with Crippen LogP contribution in [0.5, 0.6) is 0 Å². The summed E-state index contributed by atoms with van der Waals surface area (Å²) in [5.41, 5.74) is 9.08. The van der Waals surface area contributed by atoms with Crippen molar-refractivity contribution in [1.29, 1.82) is 0 Å². The molecule has 11 nitrogen and oxygen atoms in total. The summed E-state index contributed by atoms with van der Waals surface area (Å²) < 4.78 is 7.52. The van der Waals surface area contributed by atoms with Gasteiger partial charge in [0, 0.05) is 23.9 Å². The van der Waals surface area contributed by atoms with Crippen LogP contribution in [-0.2, 0) is 4.74 Å². The number of aromatic nitrogens is 5. The highest BCUT2D eigenvalue weighted by molar-refractivity contribution is 6.05. The quantitative estimate of drug-likeness (QED) is 0.367. The molecule has 2 amide bonds. The maximum Gasteiger partial charge on any atom is 0.410 e. The second-order valence-corrected chi connectivity index (χ2v) is 11.1. The van der Waals surface area contributed by atoms with Gasteiger partial charge in [-0.05, 0) is 71.2 Å². The van der Waals surface area contributed by atoms with E-state index >= 15 is 0 Å². The number of nitrogen functional groups attached to an aromatic ring is 1. The number of carbonyl (C=O) groups excluding carboxylic acids is 2. The van der Waals surface area contributed by atoms with Gasteiger partial charge in [-0.15, -0.1) is 0 Å². The van der Waals surface area contributed by atoms with Gasteiger partial charge in [-0.1, -0.05) is 18.2 Å². The van der Waals surface area contributed by atoms with Gasteiger partial charge in [-0.2, -0.15) is 5.10 Å². The molecule has 5 rings (SSSR count). The number of ether oxygens (including phenoxy) is 1. The monoisotopic (exact) mass is 542 g/mol. The third-order valence-electron chi connectivity index (χ3n) is 7.07. The molecule has 3 aromatic heterocycles. The molecular formula is C29H34N8O3. The number of anilines is 2. The van der Waals surface area contributed by atoms with Crippen LogP contribution < -0.4 is 11.1 Å². The molecule has 11 heteroatoms. The van der Waals surface area contributed by atoms with Gasteiger partial charge < -0.3 is 20.7 Å². The average molecular weight is 543 g/mol. The number of hydrogen-bond donors (Lipinski definition) is 2. The van der Waals surface area contributed by atoms with Crippen molar-refractivity contribution in [1.82, 2.24) is 29.6 Å². The number of hydrogen-bond acceptors (Lipinski definition) is 8. The van der Waals surface area contributed by atoms with Crippen LogP contribution >= 0.6 is 0 Å². The lowest BCUT2D eigenvalue weighted by Crippen LogP contribution is -2.49. The zero-order valence-electron chi connectivity index (χ0n) is 23.4. The van der Waals surface area contributed by atoms with Crippen molar-refractivity contribution in [3.63, 3.8) is 0 Å². The Morgan fingerprint density at radius 1 is 1.10 bits per heavy atom. The molecular weight excluding hydrogens is 508 g/mol. The van der Waals surface area contributed by atoms with E-state index in [-0.39, 0.29) is 24.1 Å². The number of nitrogens with two attached hydrogens (primary N) is 1. The lowest BCUT2D eigenvalue weighted by molar-refractivity contribution is 0.00371. The van der Waals surface area contributed by atoms with Crippen LogP contribution in [0.1, 0.15) is 62.5 Å². The van der Waals surface area contributed by atoms with Gasteiger partial charge in [0.1, 0.15) is 29.3 Å². The first-order chi connectivity index (χ1) is 19.0. The van der Waals surface area contributed by atoms with E-state index in [1.807, 2.05) is 63.6 Å². The molecule has 4 aromatic rings. The zero-order chi connectivity index (χ0) is 28.6. The third kappa shape index (κ3) is 5.31. The summed E-state index contributed by atoms with van der Waals surface area (Å²) in [5.74, 6) is 0.573. The molecule has 40 heavy (non-hydrogen) atoms. The summed E-state index contributed by atoms with van der Waals surface area (Å²) in [5, 5.41) is 8.44. The van der Waals surface area contributed by atoms with Crippen molar-refractivity contribution in [2.45, 2.75) is 65.1 Å². The Balaban J connectivity index is 1.46. The topological polar surface area (TPSA) is 141 Å². The molecule has 1 unspecified atom stereocenters. The van der Waals surface area contributed by atoms with Crippen LogP contribution in [0.25, 0.3) is 22.3 Å². The Hall–Kier alpha value is -4.54. The number of piperidine rings is 1. The van der Waals surface area contributed by atoms with Gasteiger partial charge in [0.2, 0.25) is 0 Å². The minimum atomic E-state index is -0.587. The summed E-state index contributed by atoms with van der Waals surface area (Å²) in [4.78, 5) is 40.5. The van der Waals surface area contributed by atoms with E-state index in [9.17, 15) is 9.59 Å². The maximum absolute atomic E-state index is 13.0. The average Bonchev–Trinajstić information content (AvgIpc) is 3.30. The second-order valence-electron chi connectivity index (χ2n) is 11.1. The number of carbonyl (C=O) groups is 2. The molecule has 1 fully saturated rings. The number of aryl methyl sites for hydroxylation is 1. The van der Waals surface area contributed by atoms with E-state index in [1.165, 1.54) is 6.33 Å². The molecule has 0 bridgehead atoms. The molecule has 3 N–H and O–H groups in total. The fourth-order valence-corrected chi connectivity index (χ4v) is 5.03. The highest BCUT2D eigenvalue weighted by Gasteiger charge is 2.36. The number of nitrogens with one attached hydrogen (secondary N) is 1. The predicted octanol–water partition coefficient (Wildman–Crippen LogP) is 4.99. The standard InChI is InChI=1S/C29H34N8O3/c1-17-8-6-14-31-25(17)34-27(38)20-12-10-19(11-13-20)23-22-24(30)32-16-33-26(22)37(35-23)21-9-7-15-36(18(21)2)28(39)40-29(3,4)5/h6,8,10-14,16,18,21H,7,9,15H2,1-5H3,(H2,30,32,33)(H,31,34,38)/t18-,21?/m1/s1. The fraction of sp³-hybridized carbons (Fsp3) is 0.379. The van der Waals surface area contributed by atoms with Gasteiger partial charge in [0.25, 0.3) is 5.91 Å². The van der Waals surface area contributed by atoms with Crippen LogP contribution in [0, 0.1) is 6.92 Å². The van der Waals surface area contributed by atoms with Crippen molar-refractivity contribution in [3.8, 4) is 11.3 Å². The molecule has 208 valence electrons. The molecule has 1 aromatic carbocycles. The van der Waals surface area contributed by atoms with Crippen molar-refractivity contribution < 1.29 is 14.3 Å². The smallest absolute Gasteiger partial charge is 0.410 e. The molecule has 0 saturated carbocycles. The molecule has 1 aliphatic heterocycles. The SMILES string of the molecule is Cc1cccnc1NC(=O)c1ccc(-c2nn(C3CCCN(C(=O)OC(C)(C)C)[C@@H]3C)c3ncnc(N)c23)cc1. The summed E-state index contributed by atoms with van der Waals surface area (Å²) in [6.45, 7) is 10.1. The predicted molar refractivity (Wildman–Crippen MR) is 153 cm³/mol. The Kier molecular flexibility index (Phi) is 7.14. The number of benzene rings is 1. The number of amides is 2. The lowest BCUT2D eigenvalue weighted by Gasteiger charge is -2.39. The van der Waals surface area contributed by atoms with E-state index in [0.717, 1.165) is 24.0 Å². The van der Waals surface area contributed by atoms with Crippen molar-refractivity contribution in [2.75, 3.05) is 17.6 Å². The third-order valence-corrected chi connectivity index (χ3v) is 7.07. The molecule has 1 saturated heterocycles. The first-order valence-electron chi connectivity index (χ1n) is 13.3. The maximum atomic E-state index is 13.0. The summed E-state index contributed by atoms with van der Waals surface area (Å²) >= 11 is 0. The van der Waals surface area contributed by atoms with Crippen molar-refractivity contribution in [2.24, 2.45) is 0 Å². The Bertz CT molecular complexity index is 1560. The summed E-state index contributed by atoms with van der Waals surface area (Å²) in [7, 11) is 0. The molecule has 1 aliphatic rings. The van der Waals surface area contributed by atoms with E-state index in [4.69, 9.17) is 15.6 Å². The van der Waals surface area contributed by atoms with Gasteiger partial charge >= 0.3 is 6.09 Å². The Labute approximate surface area is 232 Å². The molecule has 0 aliphatic carbocycles. The van der Waals surface area contributed by atoms with E-state index in [1.54, 1.807) is 23.2 Å². The number of rotatable bonds is 4. The van der Waals surface area contributed by atoms with Crippen LogP contribution in [0.15, 0.2) is 48.9 Å². The minimum absolute atomic E-state index is 0.140. The normalized spacial score (nSPS) is 17.6. The van der Waals surface area contributed by atoms with Gasteiger partial charge in [0.05, 0.1) is 17.5 Å². The number of nitrogens with zero attached hydrogens (tertiary/aromatic N) is 6. The zero-order valence-corrected chi connectivity index (χ0v) is 23.4. The van der Waals surface area contributed by atoms with Crippen LogP contribution in [0.3, 0.4) is 0 Å². The van der Waals surface area contributed by atoms with Gasteiger partial charge in [-0.3, -0.25) is 4.79 Å². The Morgan fingerprint density at radius 3 is 2.55 bits per heavy atom. The lowest BCUT2D eigenvalue weighted by atomic mass is 9.98. The highest BCUT2D eigenvalue weighted by atomic mass is 16.6. The Morgan fingerprint density at radius 2 is 1.85 bits per heavy atom. The van der Waals surface area contributed by atoms with E-state index in [2.05, 4.69) is 20.3 Å².